The third kappa shape index (κ3) is 6.34. The van der Waals surface area contributed by atoms with Gasteiger partial charge in [-0.2, -0.15) is 0 Å². The number of nitrogens with zero attached hydrogens (tertiary/aromatic N) is 4. The Kier molecular flexibility index (Phi) is 8.28. The fourth-order valence-electron chi connectivity index (χ4n) is 3.30. The smallest absolute Gasteiger partial charge is 0.337 e. The van der Waals surface area contributed by atoms with Gasteiger partial charge in [-0.25, -0.2) is 19.6 Å². The molecule has 2 aromatic rings. The SMILES string of the molecule is COC(=O)c1cc(NC(=S)NCCN2CCN(c3ncccn3)CC2)cc(C(=O)OC)c1. The highest BCUT2D eigenvalue weighted by atomic mass is 32.1. The molecule has 1 aliphatic heterocycles. The van der Waals surface area contributed by atoms with Gasteiger partial charge >= 0.3 is 11.9 Å². The summed E-state index contributed by atoms with van der Waals surface area (Å²) in [5.74, 6) is -0.355. The molecule has 0 amide bonds. The second kappa shape index (κ2) is 11.3. The molecule has 1 aromatic carbocycles. The predicted molar refractivity (Wildman–Crippen MR) is 124 cm³/mol. The molecule has 0 atom stereocenters. The lowest BCUT2D eigenvalue weighted by Gasteiger charge is -2.34. The quantitative estimate of drug-likeness (QED) is 0.461. The number of ether oxygens (including phenoxy) is 2. The Labute approximate surface area is 191 Å². The number of carbonyl (C=O) groups is 2. The molecular formula is C21H26N6O4S. The first-order valence-electron chi connectivity index (χ1n) is 10.1. The number of hydrogen-bond acceptors (Lipinski definition) is 9. The Bertz CT molecular complexity index is 916. The zero-order valence-corrected chi connectivity index (χ0v) is 18.9. The number of rotatable bonds is 7. The first kappa shape index (κ1) is 23.4. The van der Waals surface area contributed by atoms with Gasteiger partial charge < -0.3 is 25.0 Å². The van der Waals surface area contributed by atoms with Gasteiger partial charge in [-0.1, -0.05) is 0 Å². The number of methoxy groups -OCH3 is 2. The second-order valence-corrected chi connectivity index (χ2v) is 7.45. The standard InChI is InChI=1S/C21H26N6O4S/c1-30-18(28)15-12-16(19(29)31-2)14-17(13-15)25-21(32)24-6-7-26-8-10-27(11-9-26)20-22-4-3-5-23-20/h3-5,12-14H,6-11H2,1-2H3,(H2,24,25,32). The number of esters is 2. The average molecular weight is 459 g/mol. The highest BCUT2D eigenvalue weighted by Gasteiger charge is 2.18. The van der Waals surface area contributed by atoms with Gasteiger partial charge in [0.1, 0.15) is 0 Å². The van der Waals surface area contributed by atoms with Gasteiger partial charge in [0.2, 0.25) is 5.95 Å². The molecule has 2 N–H and O–H groups in total. The van der Waals surface area contributed by atoms with Crippen LogP contribution < -0.4 is 15.5 Å². The van der Waals surface area contributed by atoms with Crippen LogP contribution in [0.2, 0.25) is 0 Å². The summed E-state index contributed by atoms with van der Waals surface area (Å²) in [7, 11) is 2.55. The molecule has 2 heterocycles. The summed E-state index contributed by atoms with van der Waals surface area (Å²) < 4.78 is 9.50. The molecule has 0 saturated carbocycles. The molecule has 32 heavy (non-hydrogen) atoms. The van der Waals surface area contributed by atoms with Gasteiger partial charge in [-0.05, 0) is 36.5 Å². The molecule has 0 bridgehead atoms. The van der Waals surface area contributed by atoms with Crippen LogP contribution in [-0.4, -0.2) is 85.4 Å². The molecule has 1 aromatic heterocycles. The van der Waals surface area contributed by atoms with E-state index in [2.05, 4.69) is 30.4 Å². The van der Waals surface area contributed by atoms with Crippen LogP contribution in [-0.2, 0) is 9.47 Å². The Balaban J connectivity index is 1.48. The molecule has 11 heteroatoms. The lowest BCUT2D eigenvalue weighted by Crippen LogP contribution is -2.49. The minimum absolute atomic E-state index is 0.223. The lowest BCUT2D eigenvalue weighted by molar-refractivity contribution is 0.0599. The molecule has 0 unspecified atom stereocenters. The Morgan fingerprint density at radius 1 is 1.00 bits per heavy atom. The van der Waals surface area contributed by atoms with E-state index >= 15 is 0 Å². The van der Waals surface area contributed by atoms with Gasteiger partial charge in [0.25, 0.3) is 0 Å². The van der Waals surface area contributed by atoms with Crippen molar-refractivity contribution in [1.29, 1.82) is 0 Å². The van der Waals surface area contributed by atoms with Crippen LogP contribution >= 0.6 is 12.2 Å². The van der Waals surface area contributed by atoms with Crippen molar-refractivity contribution in [1.82, 2.24) is 20.2 Å². The molecule has 1 aliphatic rings. The van der Waals surface area contributed by atoms with Gasteiger partial charge in [0, 0.05) is 57.3 Å². The number of carbonyl (C=O) groups excluding carboxylic acids is 2. The molecule has 0 radical (unpaired) electrons. The van der Waals surface area contributed by atoms with Gasteiger partial charge in [-0.3, -0.25) is 4.90 Å². The Hall–Kier alpha value is -3.31. The lowest BCUT2D eigenvalue weighted by atomic mass is 10.1. The maximum Gasteiger partial charge on any atom is 0.337 e. The number of hydrogen-bond donors (Lipinski definition) is 2. The van der Waals surface area contributed by atoms with Crippen molar-refractivity contribution in [2.24, 2.45) is 0 Å². The monoisotopic (exact) mass is 458 g/mol. The predicted octanol–water partition coefficient (Wildman–Crippen LogP) is 1.16. The summed E-state index contributed by atoms with van der Waals surface area (Å²) in [5, 5.41) is 6.55. The third-order valence-corrected chi connectivity index (χ3v) is 5.20. The van der Waals surface area contributed by atoms with Crippen LogP contribution in [0.1, 0.15) is 20.7 Å². The van der Waals surface area contributed by atoms with Crippen LogP contribution in [0.25, 0.3) is 0 Å². The summed E-state index contributed by atoms with van der Waals surface area (Å²) in [5.41, 5.74) is 0.934. The first-order valence-corrected chi connectivity index (χ1v) is 10.5. The number of piperazine rings is 1. The normalized spacial score (nSPS) is 13.9. The maximum atomic E-state index is 11.9. The van der Waals surface area contributed by atoms with Gasteiger partial charge in [0.15, 0.2) is 5.11 Å². The van der Waals surface area contributed by atoms with E-state index in [-0.39, 0.29) is 11.1 Å². The van der Waals surface area contributed by atoms with Crippen LogP contribution in [0.15, 0.2) is 36.7 Å². The number of aromatic nitrogens is 2. The average Bonchev–Trinajstić information content (AvgIpc) is 2.83. The van der Waals surface area contributed by atoms with E-state index < -0.39 is 11.9 Å². The summed E-state index contributed by atoms with van der Waals surface area (Å²) >= 11 is 5.36. The molecule has 10 nitrogen and oxygen atoms in total. The highest BCUT2D eigenvalue weighted by molar-refractivity contribution is 7.80. The maximum absolute atomic E-state index is 11.9. The van der Waals surface area contributed by atoms with Crippen LogP contribution in [0, 0.1) is 0 Å². The molecule has 1 fully saturated rings. The minimum atomic E-state index is -0.558. The largest absolute Gasteiger partial charge is 0.465 e. The highest BCUT2D eigenvalue weighted by Crippen LogP contribution is 2.17. The van der Waals surface area contributed by atoms with Crippen molar-refractivity contribution in [3.63, 3.8) is 0 Å². The van der Waals surface area contributed by atoms with Crippen molar-refractivity contribution < 1.29 is 19.1 Å². The summed E-state index contributed by atoms with van der Waals surface area (Å²) in [6.45, 7) is 5.01. The first-order chi connectivity index (χ1) is 15.5. The van der Waals surface area contributed by atoms with E-state index in [4.69, 9.17) is 21.7 Å². The van der Waals surface area contributed by atoms with Crippen molar-refractivity contribution in [2.45, 2.75) is 0 Å². The summed E-state index contributed by atoms with van der Waals surface area (Å²) in [6.07, 6.45) is 3.50. The van der Waals surface area contributed by atoms with E-state index in [1.807, 2.05) is 6.07 Å². The number of thiocarbonyl (C=S) groups is 1. The van der Waals surface area contributed by atoms with E-state index in [1.54, 1.807) is 24.5 Å². The van der Waals surface area contributed by atoms with Crippen LogP contribution in [0.3, 0.4) is 0 Å². The second-order valence-electron chi connectivity index (χ2n) is 7.04. The molecular weight excluding hydrogens is 432 g/mol. The molecule has 170 valence electrons. The summed E-state index contributed by atoms with van der Waals surface area (Å²) in [4.78, 5) is 36.9. The van der Waals surface area contributed by atoms with Crippen molar-refractivity contribution in [3.8, 4) is 0 Å². The van der Waals surface area contributed by atoms with E-state index in [0.29, 0.717) is 17.3 Å². The number of anilines is 2. The van der Waals surface area contributed by atoms with Crippen molar-refractivity contribution in [3.05, 3.63) is 47.8 Å². The minimum Gasteiger partial charge on any atom is -0.465 e. The fraction of sp³-hybridized carbons (Fsp3) is 0.381. The van der Waals surface area contributed by atoms with E-state index in [0.717, 1.165) is 38.7 Å². The fourth-order valence-corrected chi connectivity index (χ4v) is 3.52. The molecule has 1 saturated heterocycles. The zero-order chi connectivity index (χ0) is 22.9. The molecule has 0 aliphatic carbocycles. The third-order valence-electron chi connectivity index (χ3n) is 4.95. The zero-order valence-electron chi connectivity index (χ0n) is 18.0. The Morgan fingerprint density at radius 3 is 2.16 bits per heavy atom. The van der Waals surface area contributed by atoms with Crippen molar-refractivity contribution >= 4 is 40.9 Å². The summed E-state index contributed by atoms with van der Waals surface area (Å²) in [6, 6.07) is 6.36. The Morgan fingerprint density at radius 2 is 1.59 bits per heavy atom. The van der Waals surface area contributed by atoms with Crippen LogP contribution in [0.5, 0.6) is 0 Å². The number of nitrogens with one attached hydrogen (secondary N) is 2. The van der Waals surface area contributed by atoms with Gasteiger partial charge in [-0.15, -0.1) is 0 Å². The van der Waals surface area contributed by atoms with Gasteiger partial charge in [0.05, 0.1) is 25.3 Å². The van der Waals surface area contributed by atoms with Crippen molar-refractivity contribution in [2.75, 3.05) is 63.7 Å². The topological polar surface area (TPSA) is 109 Å². The van der Waals surface area contributed by atoms with E-state index in [9.17, 15) is 9.59 Å². The number of benzene rings is 1. The molecule has 3 rings (SSSR count). The van der Waals surface area contributed by atoms with E-state index in [1.165, 1.54) is 20.3 Å². The molecule has 0 spiro atoms. The van der Waals surface area contributed by atoms with Crippen LogP contribution in [0.4, 0.5) is 11.6 Å².